The molecule has 4 nitrogen and oxygen atoms in total. The van der Waals surface area contributed by atoms with E-state index >= 15 is 0 Å². The van der Waals surface area contributed by atoms with Gasteiger partial charge in [0, 0.05) is 29.0 Å². The number of hydrogen-bond acceptors (Lipinski definition) is 3. The minimum absolute atomic E-state index is 0. The van der Waals surface area contributed by atoms with Crippen molar-refractivity contribution in [3.8, 4) is 22.7 Å². The number of fused-ring (bicyclic) bond motifs is 3. The molecule has 3 aromatic heterocycles. The summed E-state index contributed by atoms with van der Waals surface area (Å²) in [5.74, 6) is 0.214. The Labute approximate surface area is 169 Å². The van der Waals surface area contributed by atoms with Crippen LogP contribution in [0.4, 0.5) is 0 Å². The van der Waals surface area contributed by atoms with Crippen molar-refractivity contribution in [1.29, 1.82) is 0 Å². The molecule has 0 saturated heterocycles. The summed E-state index contributed by atoms with van der Waals surface area (Å²) in [7, 11) is 0. The van der Waals surface area contributed by atoms with Gasteiger partial charge in [-0.05, 0) is 48.5 Å². The fourth-order valence-corrected chi connectivity index (χ4v) is 3.45. The van der Waals surface area contributed by atoms with Crippen LogP contribution in [0.5, 0.6) is 5.75 Å². The molecule has 2 aromatic carbocycles. The first-order valence-electron chi connectivity index (χ1n) is 8.42. The number of aromatic hydroxyl groups is 1. The van der Waals surface area contributed by atoms with Gasteiger partial charge < -0.3 is 11.1 Å². The Hall–Kier alpha value is -3.06. The number of phenolic OH excluding ortho intramolecular Hbond substituents is 1. The summed E-state index contributed by atoms with van der Waals surface area (Å²) in [5, 5.41) is 11.5. The Bertz CT molecular complexity index is 1200. The molecule has 0 aliphatic heterocycles. The van der Waals surface area contributed by atoms with Gasteiger partial charge in [-0.25, -0.2) is 0 Å². The molecule has 5 heteroatoms. The number of phenols is 1. The summed E-state index contributed by atoms with van der Waals surface area (Å²) in [5.41, 5.74) is 5.49. The van der Waals surface area contributed by atoms with Gasteiger partial charge in [-0.2, -0.15) is 0 Å². The van der Waals surface area contributed by atoms with Crippen molar-refractivity contribution in [3.63, 3.8) is 0 Å². The molecule has 0 fully saturated rings. The van der Waals surface area contributed by atoms with Crippen LogP contribution in [0.15, 0.2) is 85.2 Å². The summed E-state index contributed by atoms with van der Waals surface area (Å²) in [6.07, 6.45) is 3.54. The number of nitrogens with zero attached hydrogens (tertiary/aromatic N) is 3. The zero-order chi connectivity index (χ0) is 17.5. The van der Waals surface area contributed by atoms with Gasteiger partial charge in [-0.3, -0.25) is 9.97 Å². The normalized spacial score (nSPS) is 10.8. The van der Waals surface area contributed by atoms with Crippen molar-refractivity contribution < 1.29 is 25.4 Å². The van der Waals surface area contributed by atoms with E-state index in [9.17, 15) is 5.11 Å². The predicted octanol–water partition coefficient (Wildman–Crippen LogP) is 2.06. The Kier molecular flexibility index (Phi) is 4.45. The van der Waals surface area contributed by atoms with Gasteiger partial charge in [0.2, 0.25) is 0 Å². The maximum Gasteiger partial charge on any atom is 1.00 e. The van der Waals surface area contributed by atoms with E-state index in [1.54, 1.807) is 12.3 Å². The fraction of sp³-hybridized carbons (Fsp3) is 0. The molecule has 0 unspecified atom stereocenters. The molecule has 1 N–H and O–H groups in total. The maximum atomic E-state index is 10.4. The first-order chi connectivity index (χ1) is 12.8. The summed E-state index contributed by atoms with van der Waals surface area (Å²) in [6, 6.07) is 23.5. The van der Waals surface area contributed by atoms with E-state index in [0.29, 0.717) is 5.56 Å². The molecule has 3 heterocycles. The summed E-state index contributed by atoms with van der Waals surface area (Å²) in [4.78, 5) is 8.95. The van der Waals surface area contributed by atoms with Gasteiger partial charge in [0.15, 0.2) is 0 Å². The molecule has 5 rings (SSSR count). The number of hydrogen-bond donors (Lipinski definition) is 1. The van der Waals surface area contributed by atoms with Gasteiger partial charge in [-0.1, -0.05) is 24.3 Å². The second-order valence-electron chi connectivity index (χ2n) is 6.14. The number of aromatic nitrogens is 3. The van der Waals surface area contributed by atoms with Crippen LogP contribution in [0.25, 0.3) is 38.9 Å². The first-order valence-corrected chi connectivity index (χ1v) is 8.42. The van der Waals surface area contributed by atoms with Gasteiger partial charge in [0.25, 0.3) is 0 Å². The minimum atomic E-state index is 0. The number of para-hydroxylation sites is 1. The largest absolute Gasteiger partial charge is 1.00 e. The summed E-state index contributed by atoms with van der Waals surface area (Å²) < 4.78 is 2.17. The SMILES string of the molecule is Oc1ccc(-n2c3ccccc3c3ncccc32)cc1-c1ccccn1.[H-].[Li+]. The Morgan fingerprint density at radius 1 is 0.778 bits per heavy atom. The molecule has 126 valence electrons. The van der Waals surface area contributed by atoms with Crippen molar-refractivity contribution >= 4 is 21.9 Å². The van der Waals surface area contributed by atoms with Crippen LogP contribution in [-0.2, 0) is 0 Å². The van der Waals surface area contributed by atoms with E-state index in [-0.39, 0.29) is 26.0 Å². The van der Waals surface area contributed by atoms with Crippen LogP contribution < -0.4 is 18.9 Å². The van der Waals surface area contributed by atoms with E-state index in [1.807, 2.05) is 54.7 Å². The van der Waals surface area contributed by atoms with E-state index in [2.05, 4.69) is 32.7 Å². The van der Waals surface area contributed by atoms with Crippen LogP contribution in [-0.4, -0.2) is 19.6 Å². The Morgan fingerprint density at radius 2 is 1.56 bits per heavy atom. The second-order valence-corrected chi connectivity index (χ2v) is 6.14. The van der Waals surface area contributed by atoms with E-state index in [0.717, 1.165) is 33.3 Å². The third kappa shape index (κ3) is 2.80. The van der Waals surface area contributed by atoms with Crippen LogP contribution in [0.2, 0.25) is 0 Å². The fourth-order valence-electron chi connectivity index (χ4n) is 3.45. The Balaban J connectivity index is 0.00000112. The Morgan fingerprint density at radius 3 is 2.41 bits per heavy atom. The van der Waals surface area contributed by atoms with E-state index in [1.165, 1.54) is 0 Å². The van der Waals surface area contributed by atoms with Gasteiger partial charge in [-0.15, -0.1) is 0 Å². The molecule has 0 spiro atoms. The zero-order valence-corrected chi connectivity index (χ0v) is 14.9. The van der Waals surface area contributed by atoms with Crippen molar-refractivity contribution in [2.24, 2.45) is 0 Å². The maximum absolute atomic E-state index is 10.4. The van der Waals surface area contributed by atoms with Crippen molar-refractivity contribution in [2.45, 2.75) is 0 Å². The molecule has 0 radical (unpaired) electrons. The predicted molar refractivity (Wildman–Crippen MR) is 105 cm³/mol. The standard InChI is InChI=1S/C22H15N3O.Li.H/c26-21-11-10-15(14-17(21)18-7-3-4-12-23-18)25-19-8-2-1-6-16(19)22-20(25)9-5-13-24-22;;/h1-14,26H;;/q;+1;-1. The summed E-state index contributed by atoms with van der Waals surface area (Å²) >= 11 is 0. The monoisotopic (exact) mass is 345 g/mol. The molecular weight excluding hydrogens is 329 g/mol. The van der Waals surface area contributed by atoms with E-state index < -0.39 is 0 Å². The van der Waals surface area contributed by atoms with Crippen LogP contribution >= 0.6 is 0 Å². The van der Waals surface area contributed by atoms with Crippen LogP contribution in [0.1, 0.15) is 1.43 Å². The van der Waals surface area contributed by atoms with Crippen molar-refractivity contribution in [2.75, 3.05) is 0 Å². The van der Waals surface area contributed by atoms with Gasteiger partial charge in [0.1, 0.15) is 5.75 Å². The smallest absolute Gasteiger partial charge is 1.00 e. The van der Waals surface area contributed by atoms with E-state index in [4.69, 9.17) is 0 Å². The third-order valence-electron chi connectivity index (χ3n) is 4.61. The molecule has 0 saturated carbocycles. The van der Waals surface area contributed by atoms with Crippen LogP contribution in [0, 0.1) is 0 Å². The van der Waals surface area contributed by atoms with Crippen molar-refractivity contribution in [1.82, 2.24) is 14.5 Å². The van der Waals surface area contributed by atoms with Crippen molar-refractivity contribution in [3.05, 3.63) is 85.2 Å². The molecular formula is C22H16LiN3O. The van der Waals surface area contributed by atoms with Gasteiger partial charge in [0.05, 0.1) is 22.2 Å². The quantitative estimate of drug-likeness (QED) is 0.498. The molecule has 0 amide bonds. The molecule has 0 aliphatic rings. The molecule has 5 aromatic rings. The third-order valence-corrected chi connectivity index (χ3v) is 4.61. The van der Waals surface area contributed by atoms with Gasteiger partial charge >= 0.3 is 18.9 Å². The summed E-state index contributed by atoms with van der Waals surface area (Å²) in [6.45, 7) is 0. The molecule has 0 atom stereocenters. The average Bonchev–Trinajstić information content (AvgIpc) is 3.04. The molecule has 27 heavy (non-hydrogen) atoms. The first kappa shape index (κ1) is 17.4. The molecule has 0 bridgehead atoms. The number of rotatable bonds is 2. The topological polar surface area (TPSA) is 50.9 Å². The number of benzene rings is 2. The average molecular weight is 345 g/mol. The minimum Gasteiger partial charge on any atom is -1.00 e. The molecule has 0 aliphatic carbocycles. The zero-order valence-electron chi connectivity index (χ0n) is 15.9. The number of pyridine rings is 2. The van der Waals surface area contributed by atoms with Crippen LogP contribution in [0.3, 0.4) is 0 Å². The second kappa shape index (κ2) is 6.92.